The van der Waals surface area contributed by atoms with E-state index in [1.54, 1.807) is 0 Å². The predicted octanol–water partition coefficient (Wildman–Crippen LogP) is 0.751. The lowest BCUT2D eigenvalue weighted by Gasteiger charge is -2.06. The molecule has 77 valence electrons. The molecule has 0 spiro atoms. The van der Waals surface area contributed by atoms with Crippen LogP contribution in [0.4, 0.5) is 0 Å². The quantitative estimate of drug-likeness (QED) is 0.756. The zero-order valence-corrected chi connectivity index (χ0v) is 8.46. The van der Waals surface area contributed by atoms with Gasteiger partial charge in [-0.05, 0) is 6.07 Å². The van der Waals surface area contributed by atoms with Gasteiger partial charge in [0.25, 0.3) is 10.1 Å². The molecule has 5 nitrogen and oxygen atoms in total. The molecule has 0 aliphatic heterocycles. The Morgan fingerprint density at radius 1 is 1.36 bits per heavy atom. The smallest absolute Gasteiger partial charge is 0.298 e. The van der Waals surface area contributed by atoms with E-state index in [4.69, 9.17) is 14.0 Å². The standard InChI is InChI=1S/C8H9O5S/c1-12-6-3-4-7(13-2)8(5-6)14(9,10)11/h4-5H,1-2H3,(H,9,10,11). The van der Waals surface area contributed by atoms with Crippen molar-refractivity contribution < 1.29 is 22.4 Å². The van der Waals surface area contributed by atoms with Crippen molar-refractivity contribution in [1.82, 2.24) is 0 Å². The molecule has 1 aromatic rings. The third kappa shape index (κ3) is 2.15. The van der Waals surface area contributed by atoms with Crippen LogP contribution in [0.15, 0.2) is 17.0 Å². The highest BCUT2D eigenvalue weighted by molar-refractivity contribution is 7.86. The third-order valence-corrected chi connectivity index (χ3v) is 2.44. The Morgan fingerprint density at radius 2 is 2.00 bits per heavy atom. The zero-order chi connectivity index (χ0) is 10.8. The summed E-state index contributed by atoms with van der Waals surface area (Å²) in [5, 5.41) is 0. The molecule has 0 saturated heterocycles. The predicted molar refractivity (Wildman–Crippen MR) is 48.2 cm³/mol. The molecular weight excluding hydrogens is 208 g/mol. The monoisotopic (exact) mass is 217 g/mol. The van der Waals surface area contributed by atoms with Gasteiger partial charge in [0, 0.05) is 12.1 Å². The number of methoxy groups -OCH3 is 2. The van der Waals surface area contributed by atoms with Crippen molar-refractivity contribution in [3.05, 3.63) is 18.2 Å². The van der Waals surface area contributed by atoms with Crippen LogP contribution in [-0.4, -0.2) is 27.2 Å². The van der Waals surface area contributed by atoms with E-state index in [0.29, 0.717) is 0 Å². The summed E-state index contributed by atoms with van der Waals surface area (Å²) in [4.78, 5) is -0.337. The van der Waals surface area contributed by atoms with Crippen LogP contribution in [0.5, 0.6) is 11.5 Å². The maximum Gasteiger partial charge on any atom is 0.298 e. The first kappa shape index (κ1) is 10.8. The Hall–Kier alpha value is -1.27. The van der Waals surface area contributed by atoms with Gasteiger partial charge in [0.15, 0.2) is 0 Å². The summed E-state index contributed by atoms with van der Waals surface area (Å²) < 4.78 is 40.1. The Balaban J connectivity index is 3.37. The molecule has 6 heteroatoms. The highest BCUT2D eigenvalue weighted by atomic mass is 32.2. The Morgan fingerprint density at radius 3 is 2.43 bits per heavy atom. The second-order valence-corrected chi connectivity index (χ2v) is 3.80. The lowest BCUT2D eigenvalue weighted by atomic mass is 10.3. The molecule has 1 rings (SSSR count). The number of hydrogen-bond donors (Lipinski definition) is 1. The van der Waals surface area contributed by atoms with Gasteiger partial charge in [0.1, 0.15) is 16.4 Å². The fraction of sp³-hybridized carbons (Fsp3) is 0.250. The Bertz CT molecular complexity index is 423. The van der Waals surface area contributed by atoms with Crippen molar-refractivity contribution in [1.29, 1.82) is 0 Å². The Kier molecular flexibility index (Phi) is 2.97. The van der Waals surface area contributed by atoms with Gasteiger partial charge in [-0.25, -0.2) is 0 Å². The highest BCUT2D eigenvalue weighted by Gasteiger charge is 2.17. The third-order valence-electron chi connectivity index (χ3n) is 1.57. The summed E-state index contributed by atoms with van der Waals surface area (Å²) in [6.07, 6.45) is 0. The normalized spacial score (nSPS) is 11.1. The minimum atomic E-state index is -4.30. The minimum Gasteiger partial charge on any atom is -0.496 e. The second kappa shape index (κ2) is 3.85. The van der Waals surface area contributed by atoms with Gasteiger partial charge in [-0.1, -0.05) is 0 Å². The largest absolute Gasteiger partial charge is 0.496 e. The van der Waals surface area contributed by atoms with Gasteiger partial charge in [0.2, 0.25) is 0 Å². The van der Waals surface area contributed by atoms with E-state index in [1.165, 1.54) is 20.3 Å². The molecule has 0 saturated carbocycles. The molecule has 1 radical (unpaired) electrons. The van der Waals surface area contributed by atoms with Crippen LogP contribution < -0.4 is 9.47 Å². The molecule has 0 amide bonds. The van der Waals surface area contributed by atoms with Crippen LogP contribution in [0.2, 0.25) is 0 Å². The van der Waals surface area contributed by atoms with Crippen LogP contribution >= 0.6 is 0 Å². The topological polar surface area (TPSA) is 72.8 Å². The van der Waals surface area contributed by atoms with E-state index in [2.05, 4.69) is 6.07 Å². The lowest BCUT2D eigenvalue weighted by molar-refractivity contribution is 0.387. The van der Waals surface area contributed by atoms with Crippen LogP contribution in [0.1, 0.15) is 0 Å². The summed E-state index contributed by atoms with van der Waals surface area (Å²) in [6, 6.07) is 5.04. The average Bonchev–Trinajstić information content (AvgIpc) is 2.15. The number of ether oxygens (including phenoxy) is 2. The van der Waals surface area contributed by atoms with E-state index in [9.17, 15) is 8.42 Å². The first-order valence-electron chi connectivity index (χ1n) is 3.60. The van der Waals surface area contributed by atoms with Crippen molar-refractivity contribution in [2.45, 2.75) is 4.90 Å². The lowest BCUT2D eigenvalue weighted by Crippen LogP contribution is -2.02. The van der Waals surface area contributed by atoms with Crippen molar-refractivity contribution in [2.24, 2.45) is 0 Å². The maximum absolute atomic E-state index is 10.9. The van der Waals surface area contributed by atoms with E-state index < -0.39 is 10.1 Å². The summed E-state index contributed by atoms with van der Waals surface area (Å²) in [6.45, 7) is 0. The fourth-order valence-corrected chi connectivity index (χ4v) is 1.57. The summed E-state index contributed by atoms with van der Waals surface area (Å²) in [5.74, 6) is 0.228. The maximum atomic E-state index is 10.9. The van der Waals surface area contributed by atoms with Gasteiger partial charge in [-0.15, -0.1) is 0 Å². The minimum absolute atomic E-state index is 0.0216. The summed E-state index contributed by atoms with van der Waals surface area (Å²) >= 11 is 0. The van der Waals surface area contributed by atoms with Crippen molar-refractivity contribution in [3.8, 4) is 11.5 Å². The van der Waals surface area contributed by atoms with E-state index in [-0.39, 0.29) is 16.4 Å². The highest BCUT2D eigenvalue weighted by Crippen LogP contribution is 2.27. The first-order chi connectivity index (χ1) is 6.49. The fourth-order valence-electron chi connectivity index (χ4n) is 0.919. The van der Waals surface area contributed by atoms with Crippen LogP contribution in [0, 0.1) is 6.07 Å². The molecule has 0 fully saturated rings. The van der Waals surface area contributed by atoms with Gasteiger partial charge in [-0.3, -0.25) is 4.55 Å². The molecule has 1 N–H and O–H groups in total. The molecule has 0 atom stereocenters. The second-order valence-electron chi connectivity index (χ2n) is 2.41. The molecule has 14 heavy (non-hydrogen) atoms. The van der Waals surface area contributed by atoms with Gasteiger partial charge in [-0.2, -0.15) is 8.42 Å². The molecule has 0 aliphatic carbocycles. The van der Waals surface area contributed by atoms with Crippen molar-refractivity contribution >= 4 is 10.1 Å². The number of rotatable bonds is 3. The zero-order valence-electron chi connectivity index (χ0n) is 7.64. The van der Waals surface area contributed by atoms with Gasteiger partial charge in [0.05, 0.1) is 14.2 Å². The van der Waals surface area contributed by atoms with Crippen LogP contribution in [-0.2, 0) is 10.1 Å². The molecule has 0 aliphatic rings. The average molecular weight is 217 g/mol. The van der Waals surface area contributed by atoms with E-state index >= 15 is 0 Å². The Labute approximate surface area is 82.0 Å². The van der Waals surface area contributed by atoms with E-state index in [1.807, 2.05) is 0 Å². The van der Waals surface area contributed by atoms with Crippen molar-refractivity contribution in [3.63, 3.8) is 0 Å². The summed E-state index contributed by atoms with van der Waals surface area (Å²) in [7, 11) is -1.64. The van der Waals surface area contributed by atoms with Crippen LogP contribution in [0.25, 0.3) is 0 Å². The molecule has 1 aromatic carbocycles. The molecule has 0 aromatic heterocycles. The molecule has 0 unspecified atom stereocenters. The van der Waals surface area contributed by atoms with Gasteiger partial charge < -0.3 is 9.47 Å². The molecular formula is C8H9O5S. The number of benzene rings is 1. The molecule has 0 heterocycles. The molecule has 0 bridgehead atoms. The van der Waals surface area contributed by atoms with E-state index in [0.717, 1.165) is 6.07 Å². The van der Waals surface area contributed by atoms with Crippen molar-refractivity contribution in [2.75, 3.05) is 14.2 Å². The number of hydrogen-bond acceptors (Lipinski definition) is 4. The van der Waals surface area contributed by atoms with Gasteiger partial charge >= 0.3 is 0 Å². The first-order valence-corrected chi connectivity index (χ1v) is 5.04. The van der Waals surface area contributed by atoms with Crippen LogP contribution in [0.3, 0.4) is 0 Å². The SMILES string of the molecule is COc1[c]cc(OC)c(S(=O)(=O)O)c1. The summed E-state index contributed by atoms with van der Waals surface area (Å²) in [5.41, 5.74) is 0.